The average molecular weight is 611 g/mol. The highest BCUT2D eigenvalue weighted by atomic mass is 32.2. The molecular weight excluding hydrogens is 592 g/mol. The highest BCUT2D eigenvalue weighted by molar-refractivity contribution is 8.14. The van der Waals surface area contributed by atoms with Crippen molar-refractivity contribution < 1.29 is 55.7 Å². The van der Waals surface area contributed by atoms with Crippen molar-refractivity contribution in [1.29, 1.82) is 0 Å². The maximum absolute atomic E-state index is 13.6. The van der Waals surface area contributed by atoms with E-state index in [0.717, 1.165) is 21.6 Å². The minimum absolute atomic E-state index is 0.0543. The lowest BCUT2D eigenvalue weighted by molar-refractivity contribution is -0.256. The fraction of sp³-hybridized carbons (Fsp3) is 0.476. The normalized spacial score (nSPS) is 29.1. The Hall–Kier alpha value is -3.78. The molecule has 4 atom stereocenters. The molecule has 222 valence electrons. The zero-order chi connectivity index (χ0) is 30.3. The molecule has 4 aliphatic heterocycles. The summed E-state index contributed by atoms with van der Waals surface area (Å²) in [5, 5.41) is 24.5. The van der Waals surface area contributed by atoms with Crippen molar-refractivity contribution in [1.82, 2.24) is 15.1 Å². The number of aliphatic hydroxyl groups is 2. The van der Waals surface area contributed by atoms with E-state index < -0.39 is 94.8 Å². The van der Waals surface area contributed by atoms with Crippen molar-refractivity contribution in [3.8, 4) is 0 Å². The Labute approximate surface area is 229 Å². The van der Waals surface area contributed by atoms with E-state index >= 15 is 0 Å². The molecule has 2 saturated heterocycles. The predicted molar refractivity (Wildman–Crippen MR) is 126 cm³/mol. The van der Waals surface area contributed by atoms with Gasteiger partial charge in [-0.1, -0.05) is 11.8 Å². The van der Waals surface area contributed by atoms with Crippen LogP contribution in [0, 0.1) is 0 Å². The number of hydrogen-bond acceptors (Lipinski definition) is 13. The highest BCUT2D eigenvalue weighted by Gasteiger charge is 2.74. The maximum Gasteiger partial charge on any atom is 0.417 e. The van der Waals surface area contributed by atoms with Gasteiger partial charge in [-0.05, 0) is 18.2 Å². The molecule has 2 unspecified atom stereocenters. The third-order valence-corrected chi connectivity index (χ3v) is 7.94. The monoisotopic (exact) mass is 611 g/mol. The number of imide groups is 1. The number of guanidine groups is 2. The summed E-state index contributed by atoms with van der Waals surface area (Å²) < 4.78 is 85.3. The van der Waals surface area contributed by atoms with E-state index in [1.54, 1.807) is 0 Å². The minimum Gasteiger partial charge on any atom is -0.451 e. The summed E-state index contributed by atoms with van der Waals surface area (Å²) in [7, 11) is 0. The van der Waals surface area contributed by atoms with Crippen LogP contribution in [0.5, 0.6) is 0 Å². The van der Waals surface area contributed by atoms with E-state index in [4.69, 9.17) is 16.2 Å². The first-order valence-corrected chi connectivity index (χ1v) is 12.5. The lowest BCUT2D eigenvalue weighted by Gasteiger charge is -2.48. The summed E-state index contributed by atoms with van der Waals surface area (Å²) in [5.74, 6) is -6.74. The highest BCUT2D eigenvalue weighted by Crippen LogP contribution is 2.46. The van der Waals surface area contributed by atoms with Crippen molar-refractivity contribution in [2.45, 2.75) is 42.0 Å². The Morgan fingerprint density at radius 1 is 1.15 bits per heavy atom. The number of nitrogens with one attached hydrogen (secondary N) is 1. The zero-order valence-electron chi connectivity index (χ0n) is 20.2. The molecule has 41 heavy (non-hydrogen) atoms. The standard InChI is InChI=1S/C21H19F6N7O6S/c22-20(23,24)7-1-2-9(21(25,26)27)8(3-7)14(36)40-11-5-34-16(29)30-10(4-33-12(35)6-41-17(33)37)13-18(34,19(11,38)39)32-15(28)31-13/h1-3,10-11,13,38-39H,4-6H2,(H2,29,30)(H3,28,31,32)/t10?,11?,13-,18-/m0/s1. The number of nitrogens with zero attached hydrogens (tertiary/aromatic N) is 4. The Morgan fingerprint density at radius 3 is 2.41 bits per heavy atom. The van der Waals surface area contributed by atoms with E-state index in [1.807, 2.05) is 0 Å². The number of halogens is 6. The Kier molecular flexibility index (Phi) is 6.39. The summed E-state index contributed by atoms with van der Waals surface area (Å²) in [6.07, 6.45) is -12.5. The van der Waals surface area contributed by atoms with Crippen LogP contribution in [0.2, 0.25) is 0 Å². The third-order valence-electron chi connectivity index (χ3n) is 7.08. The molecule has 1 spiro atoms. The molecule has 2 amide bonds. The molecule has 4 aliphatic rings. The summed E-state index contributed by atoms with van der Waals surface area (Å²) in [6, 6.07) is -2.49. The number of nitrogens with two attached hydrogens (primary N) is 2. The van der Waals surface area contributed by atoms with Crippen LogP contribution >= 0.6 is 11.8 Å². The second kappa shape index (κ2) is 9.11. The fourth-order valence-corrected chi connectivity index (χ4v) is 5.98. The number of rotatable bonds is 4. The first-order valence-electron chi connectivity index (χ1n) is 11.5. The number of hydrogen-bond donors (Lipinski definition) is 5. The number of carbonyl (C=O) groups excluding carboxylic acids is 3. The van der Waals surface area contributed by atoms with E-state index in [2.05, 4.69) is 15.3 Å². The molecule has 1 aromatic rings. The van der Waals surface area contributed by atoms with Gasteiger partial charge < -0.3 is 36.6 Å². The van der Waals surface area contributed by atoms with Gasteiger partial charge in [-0.2, -0.15) is 26.3 Å². The largest absolute Gasteiger partial charge is 0.451 e. The number of thioether (sulfide) groups is 1. The van der Waals surface area contributed by atoms with Gasteiger partial charge in [0.25, 0.3) is 5.24 Å². The van der Waals surface area contributed by atoms with Gasteiger partial charge in [0, 0.05) is 0 Å². The molecule has 0 aromatic heterocycles. The van der Waals surface area contributed by atoms with Crippen LogP contribution in [0.25, 0.3) is 0 Å². The number of esters is 1. The quantitative estimate of drug-likeness (QED) is 0.169. The summed E-state index contributed by atoms with van der Waals surface area (Å²) >= 11 is 0.721. The van der Waals surface area contributed by atoms with Crippen LogP contribution in [0.3, 0.4) is 0 Å². The molecule has 2 fully saturated rings. The number of aliphatic imine (C=N–C) groups is 2. The fourth-order valence-electron chi connectivity index (χ4n) is 5.25. The van der Waals surface area contributed by atoms with Gasteiger partial charge in [-0.25, -0.2) is 14.8 Å². The molecule has 1 aromatic carbocycles. The van der Waals surface area contributed by atoms with Crippen LogP contribution in [0.1, 0.15) is 21.5 Å². The van der Waals surface area contributed by atoms with Crippen molar-refractivity contribution >= 4 is 40.8 Å². The molecule has 13 nitrogen and oxygen atoms in total. The third kappa shape index (κ3) is 4.40. The number of alkyl halides is 6. The summed E-state index contributed by atoms with van der Waals surface area (Å²) in [6.45, 7) is -1.14. The average Bonchev–Trinajstić information content (AvgIpc) is 3.45. The number of ether oxygens (including phenoxy) is 1. The summed E-state index contributed by atoms with van der Waals surface area (Å²) in [5.41, 5.74) is 4.71. The molecule has 0 bridgehead atoms. The topological polar surface area (TPSA) is 196 Å². The van der Waals surface area contributed by atoms with Crippen LogP contribution in [0.4, 0.5) is 31.1 Å². The van der Waals surface area contributed by atoms with Crippen molar-refractivity contribution in [2.24, 2.45) is 21.5 Å². The molecule has 0 saturated carbocycles. The van der Waals surface area contributed by atoms with Crippen LogP contribution in [0.15, 0.2) is 28.2 Å². The lowest BCUT2D eigenvalue weighted by atomic mass is 9.85. The second-order valence-corrected chi connectivity index (χ2v) is 10.4. The Bertz CT molecular complexity index is 1390. The minimum atomic E-state index is -5.27. The first kappa shape index (κ1) is 28.7. The Morgan fingerprint density at radius 2 is 1.83 bits per heavy atom. The smallest absolute Gasteiger partial charge is 0.417 e. The number of amides is 2. The van der Waals surface area contributed by atoms with Gasteiger partial charge in [0.15, 0.2) is 23.7 Å². The van der Waals surface area contributed by atoms with E-state index in [1.165, 1.54) is 0 Å². The molecular formula is C21H19F6N7O6S. The van der Waals surface area contributed by atoms with E-state index in [-0.39, 0.29) is 29.9 Å². The Balaban J connectivity index is 1.49. The van der Waals surface area contributed by atoms with Crippen molar-refractivity contribution in [3.63, 3.8) is 0 Å². The first-order chi connectivity index (χ1) is 18.9. The van der Waals surface area contributed by atoms with E-state index in [9.17, 15) is 50.9 Å². The zero-order valence-corrected chi connectivity index (χ0v) is 21.0. The molecule has 0 aliphatic carbocycles. The number of benzene rings is 1. The maximum atomic E-state index is 13.6. The predicted octanol–water partition coefficient (Wildman–Crippen LogP) is -0.379. The van der Waals surface area contributed by atoms with Gasteiger partial charge in [-0.3, -0.25) is 14.5 Å². The van der Waals surface area contributed by atoms with Gasteiger partial charge in [-0.15, -0.1) is 0 Å². The number of carbonyl (C=O) groups is 3. The molecule has 7 N–H and O–H groups in total. The summed E-state index contributed by atoms with van der Waals surface area (Å²) in [4.78, 5) is 47.3. The van der Waals surface area contributed by atoms with Gasteiger partial charge >= 0.3 is 18.3 Å². The molecule has 4 heterocycles. The second-order valence-electron chi connectivity index (χ2n) is 9.45. The van der Waals surface area contributed by atoms with Crippen molar-refractivity contribution in [3.05, 3.63) is 34.9 Å². The van der Waals surface area contributed by atoms with Gasteiger partial charge in [0.05, 0.1) is 41.6 Å². The van der Waals surface area contributed by atoms with Crippen LogP contribution < -0.4 is 16.8 Å². The van der Waals surface area contributed by atoms with Crippen LogP contribution in [-0.2, 0) is 21.9 Å². The lowest BCUT2D eigenvalue weighted by Crippen LogP contribution is -2.77. The van der Waals surface area contributed by atoms with Crippen LogP contribution in [-0.4, -0.2) is 97.5 Å². The molecule has 5 rings (SSSR count). The molecule has 0 radical (unpaired) electrons. The van der Waals surface area contributed by atoms with Gasteiger partial charge in [0.2, 0.25) is 11.7 Å². The SMILES string of the molecule is NC1=N[C@H]2C(CN3C(=O)CSC3=O)N=C(N)N3CC(OC(=O)c4cc(C(F)(F)F)ccc4C(F)(F)F)C(O)(O)[C@]23N1. The van der Waals surface area contributed by atoms with Crippen molar-refractivity contribution in [2.75, 3.05) is 18.8 Å². The van der Waals surface area contributed by atoms with Gasteiger partial charge in [0.1, 0.15) is 6.04 Å². The molecule has 20 heteroatoms. The van der Waals surface area contributed by atoms with E-state index in [0.29, 0.717) is 0 Å².